The van der Waals surface area contributed by atoms with Gasteiger partial charge in [-0.15, -0.1) is 0 Å². The van der Waals surface area contributed by atoms with Crippen LogP contribution < -0.4 is 4.90 Å². The number of nitrogens with zero attached hydrogens (tertiary/aromatic N) is 1. The van der Waals surface area contributed by atoms with Crippen LogP contribution in [0.25, 0.3) is 0 Å². The lowest BCUT2D eigenvalue weighted by atomic mass is 10.1. The van der Waals surface area contributed by atoms with Crippen LogP contribution in [0.15, 0.2) is 18.2 Å². The number of amides is 1. The van der Waals surface area contributed by atoms with E-state index in [1.807, 2.05) is 0 Å². The van der Waals surface area contributed by atoms with Crippen molar-refractivity contribution < 1.29 is 14.3 Å². The fourth-order valence-electron chi connectivity index (χ4n) is 1.40. The summed E-state index contributed by atoms with van der Waals surface area (Å²) in [4.78, 5) is 24.3. The molecular formula is C10H8ClNO3. The van der Waals surface area contributed by atoms with Gasteiger partial charge in [-0.05, 0) is 18.2 Å². The molecule has 0 saturated carbocycles. The Kier molecular flexibility index (Phi) is 2.36. The van der Waals surface area contributed by atoms with Gasteiger partial charge in [0.1, 0.15) is 0 Å². The lowest BCUT2D eigenvalue weighted by Gasteiger charge is -2.15. The summed E-state index contributed by atoms with van der Waals surface area (Å²) in [7, 11) is 1.59. The highest BCUT2D eigenvalue weighted by Crippen LogP contribution is 2.26. The number of anilines is 1. The van der Waals surface area contributed by atoms with E-state index in [4.69, 9.17) is 16.3 Å². The highest BCUT2D eigenvalue weighted by Gasteiger charge is 2.25. The zero-order valence-corrected chi connectivity index (χ0v) is 8.75. The number of likely N-dealkylation sites (N-methyl/N-ethyl adjacent to an activating group) is 1. The molecule has 0 saturated heterocycles. The Balaban J connectivity index is 2.59. The number of benzene rings is 1. The molecule has 0 atom stereocenters. The van der Waals surface area contributed by atoms with E-state index < -0.39 is 5.97 Å². The fraction of sp³-hybridized carbons (Fsp3) is 0.200. The molecule has 1 aliphatic heterocycles. The molecule has 0 bridgehead atoms. The Morgan fingerprint density at radius 2 is 2.13 bits per heavy atom. The number of fused-ring (bicyclic) bond motifs is 1. The number of rotatable bonds is 0. The van der Waals surface area contributed by atoms with E-state index in [1.54, 1.807) is 19.2 Å². The molecule has 1 aliphatic rings. The number of carbonyl (C=O) groups excluding carboxylic acids is 2. The molecule has 0 unspecified atom stereocenters. The predicted octanol–water partition coefficient (Wildman–Crippen LogP) is 1.47. The standard InChI is InChI=1S/C10H8ClNO3/c1-12-8-3-2-6(11)4-7(8)10(14)15-5-9(12)13/h2-4H,5H2,1H3. The van der Waals surface area contributed by atoms with E-state index in [9.17, 15) is 9.59 Å². The van der Waals surface area contributed by atoms with E-state index in [0.29, 0.717) is 16.3 Å². The molecule has 0 aromatic heterocycles. The van der Waals surface area contributed by atoms with Gasteiger partial charge in [-0.3, -0.25) is 4.79 Å². The Morgan fingerprint density at radius 3 is 2.87 bits per heavy atom. The summed E-state index contributed by atoms with van der Waals surface area (Å²) in [5.41, 5.74) is 0.836. The fourth-order valence-corrected chi connectivity index (χ4v) is 1.57. The smallest absolute Gasteiger partial charge is 0.340 e. The van der Waals surface area contributed by atoms with Crippen molar-refractivity contribution in [2.45, 2.75) is 0 Å². The number of halogens is 1. The molecule has 0 aliphatic carbocycles. The highest BCUT2D eigenvalue weighted by molar-refractivity contribution is 6.31. The summed E-state index contributed by atoms with van der Waals surface area (Å²) in [5.74, 6) is -0.783. The van der Waals surface area contributed by atoms with Crippen molar-refractivity contribution in [2.75, 3.05) is 18.6 Å². The van der Waals surface area contributed by atoms with E-state index in [-0.39, 0.29) is 12.5 Å². The lowest BCUT2D eigenvalue weighted by Crippen LogP contribution is -2.28. The van der Waals surface area contributed by atoms with Crippen LogP contribution in [-0.4, -0.2) is 25.5 Å². The summed E-state index contributed by atoms with van der Waals surface area (Å²) in [6.07, 6.45) is 0. The van der Waals surface area contributed by atoms with Crippen LogP contribution in [0.4, 0.5) is 5.69 Å². The van der Waals surface area contributed by atoms with Gasteiger partial charge in [0.05, 0.1) is 11.3 Å². The Hall–Kier alpha value is -1.55. The maximum atomic E-state index is 11.5. The predicted molar refractivity (Wildman–Crippen MR) is 55.1 cm³/mol. The first-order valence-electron chi connectivity index (χ1n) is 4.33. The van der Waals surface area contributed by atoms with Crippen molar-refractivity contribution in [2.24, 2.45) is 0 Å². The quantitative estimate of drug-likeness (QED) is 0.629. The molecule has 5 heteroatoms. The second-order valence-corrected chi connectivity index (χ2v) is 3.63. The van der Waals surface area contributed by atoms with Gasteiger partial charge < -0.3 is 9.64 Å². The van der Waals surface area contributed by atoms with Crippen molar-refractivity contribution in [3.8, 4) is 0 Å². The maximum Gasteiger partial charge on any atom is 0.340 e. The van der Waals surface area contributed by atoms with Gasteiger partial charge >= 0.3 is 5.97 Å². The summed E-state index contributed by atoms with van der Waals surface area (Å²) in [6.45, 7) is -0.234. The molecule has 0 N–H and O–H groups in total. The van der Waals surface area contributed by atoms with Crippen LogP contribution in [0.1, 0.15) is 10.4 Å². The SMILES string of the molecule is CN1C(=O)COC(=O)c2cc(Cl)ccc21. The summed E-state index contributed by atoms with van der Waals surface area (Å²) in [6, 6.07) is 4.75. The first-order chi connectivity index (χ1) is 7.09. The molecule has 0 radical (unpaired) electrons. The monoisotopic (exact) mass is 225 g/mol. The molecule has 1 heterocycles. The highest BCUT2D eigenvalue weighted by atomic mass is 35.5. The number of ether oxygens (including phenoxy) is 1. The zero-order chi connectivity index (χ0) is 11.0. The van der Waals surface area contributed by atoms with Crippen molar-refractivity contribution >= 4 is 29.2 Å². The van der Waals surface area contributed by atoms with E-state index in [1.165, 1.54) is 11.0 Å². The third kappa shape index (κ3) is 1.68. The normalized spacial score (nSPS) is 15.7. The van der Waals surface area contributed by atoms with Crippen LogP contribution in [0.3, 0.4) is 0 Å². The first-order valence-corrected chi connectivity index (χ1v) is 4.70. The number of esters is 1. The molecule has 1 aromatic carbocycles. The van der Waals surface area contributed by atoms with Crippen LogP contribution >= 0.6 is 11.6 Å². The average Bonchev–Trinajstić information content (AvgIpc) is 2.32. The third-order valence-corrected chi connectivity index (χ3v) is 2.48. The number of hydrogen-bond acceptors (Lipinski definition) is 3. The second-order valence-electron chi connectivity index (χ2n) is 3.19. The van der Waals surface area contributed by atoms with E-state index in [0.717, 1.165) is 0 Å². The molecule has 4 nitrogen and oxygen atoms in total. The van der Waals surface area contributed by atoms with Crippen LogP contribution in [-0.2, 0) is 9.53 Å². The van der Waals surface area contributed by atoms with Crippen LogP contribution in [0.2, 0.25) is 5.02 Å². The van der Waals surface area contributed by atoms with E-state index in [2.05, 4.69) is 0 Å². The van der Waals surface area contributed by atoms with Crippen molar-refractivity contribution in [1.82, 2.24) is 0 Å². The summed E-state index contributed by atoms with van der Waals surface area (Å²) in [5, 5.41) is 0.438. The molecule has 1 aromatic rings. The number of cyclic esters (lactones) is 1. The topological polar surface area (TPSA) is 46.6 Å². The van der Waals surface area contributed by atoms with Gasteiger partial charge in [-0.25, -0.2) is 4.79 Å². The van der Waals surface area contributed by atoms with Gasteiger partial charge in [0.2, 0.25) is 0 Å². The number of hydrogen-bond donors (Lipinski definition) is 0. The lowest BCUT2D eigenvalue weighted by molar-refractivity contribution is -0.121. The zero-order valence-electron chi connectivity index (χ0n) is 7.99. The molecule has 15 heavy (non-hydrogen) atoms. The maximum absolute atomic E-state index is 11.5. The molecule has 0 fully saturated rings. The van der Waals surface area contributed by atoms with Crippen LogP contribution in [0.5, 0.6) is 0 Å². The molecule has 0 spiro atoms. The average molecular weight is 226 g/mol. The minimum atomic E-state index is -0.523. The largest absolute Gasteiger partial charge is 0.452 e. The Bertz CT molecular complexity index is 444. The van der Waals surface area contributed by atoms with Crippen molar-refractivity contribution in [3.05, 3.63) is 28.8 Å². The van der Waals surface area contributed by atoms with E-state index >= 15 is 0 Å². The minimum absolute atomic E-state index is 0.234. The third-order valence-electron chi connectivity index (χ3n) is 2.24. The van der Waals surface area contributed by atoms with Crippen molar-refractivity contribution in [1.29, 1.82) is 0 Å². The van der Waals surface area contributed by atoms with Gasteiger partial charge in [0.15, 0.2) is 6.61 Å². The van der Waals surface area contributed by atoms with Gasteiger partial charge in [0.25, 0.3) is 5.91 Å². The molecule has 1 amide bonds. The van der Waals surface area contributed by atoms with Crippen LogP contribution in [0, 0.1) is 0 Å². The minimum Gasteiger partial charge on any atom is -0.452 e. The van der Waals surface area contributed by atoms with Gasteiger partial charge in [-0.2, -0.15) is 0 Å². The van der Waals surface area contributed by atoms with Gasteiger partial charge in [-0.1, -0.05) is 11.6 Å². The Morgan fingerprint density at radius 1 is 1.40 bits per heavy atom. The summed E-state index contributed by atoms with van der Waals surface area (Å²) >= 11 is 5.77. The molecular weight excluding hydrogens is 218 g/mol. The first kappa shape index (κ1) is 9.98. The van der Waals surface area contributed by atoms with Crippen molar-refractivity contribution in [3.63, 3.8) is 0 Å². The molecule has 2 rings (SSSR count). The number of carbonyl (C=O) groups is 2. The second kappa shape index (κ2) is 3.55. The Labute approximate surface area is 91.4 Å². The van der Waals surface area contributed by atoms with Gasteiger partial charge in [0, 0.05) is 12.1 Å². The summed E-state index contributed by atoms with van der Waals surface area (Å²) < 4.78 is 4.78. The molecule has 78 valence electrons.